The molecule has 7 nitrogen and oxygen atoms in total. The number of aromatic amines is 1. The Morgan fingerprint density at radius 2 is 1.65 bits per heavy atom. The van der Waals surface area contributed by atoms with E-state index in [2.05, 4.69) is 25.8 Å². The summed E-state index contributed by atoms with van der Waals surface area (Å²) >= 11 is 1.12. The van der Waals surface area contributed by atoms with E-state index in [1.54, 1.807) is 6.92 Å². The number of benzene rings is 2. The molecular formula is C18H17N5O2S. The maximum Gasteiger partial charge on any atom is 0.273 e. The van der Waals surface area contributed by atoms with Crippen molar-refractivity contribution in [1.82, 2.24) is 15.2 Å². The molecule has 0 spiro atoms. The van der Waals surface area contributed by atoms with Gasteiger partial charge in [-0.2, -0.15) is 0 Å². The number of hydrogen-bond donors (Lipinski definition) is 3. The van der Waals surface area contributed by atoms with E-state index in [-0.39, 0.29) is 17.2 Å². The molecule has 1 aromatic heterocycles. The molecule has 1 heterocycles. The molecule has 0 fully saturated rings. The van der Waals surface area contributed by atoms with Gasteiger partial charge in [0.25, 0.3) is 5.56 Å². The first-order valence-electron chi connectivity index (χ1n) is 7.88. The number of carbonyl (C=O) groups is 1. The molecule has 1 amide bonds. The number of amides is 1. The third kappa shape index (κ3) is 4.93. The van der Waals surface area contributed by atoms with Gasteiger partial charge in [-0.3, -0.25) is 14.6 Å². The molecular weight excluding hydrogens is 350 g/mol. The highest BCUT2D eigenvalue weighted by Crippen LogP contribution is 2.19. The van der Waals surface area contributed by atoms with Crippen molar-refractivity contribution in [3.8, 4) is 0 Å². The number of H-pyrrole nitrogens is 1. The lowest BCUT2D eigenvalue weighted by molar-refractivity contribution is -0.113. The molecule has 8 heteroatoms. The van der Waals surface area contributed by atoms with Gasteiger partial charge in [-0.1, -0.05) is 30.0 Å². The van der Waals surface area contributed by atoms with Crippen LogP contribution < -0.4 is 16.2 Å². The third-order valence-corrected chi connectivity index (χ3v) is 4.27. The van der Waals surface area contributed by atoms with Gasteiger partial charge in [-0.15, -0.1) is 10.2 Å². The molecule has 0 radical (unpaired) electrons. The molecule has 3 rings (SSSR count). The predicted octanol–water partition coefficient (Wildman–Crippen LogP) is 2.95. The van der Waals surface area contributed by atoms with Crippen molar-refractivity contribution in [2.75, 3.05) is 16.4 Å². The fourth-order valence-corrected chi connectivity index (χ4v) is 2.70. The van der Waals surface area contributed by atoms with Crippen LogP contribution in [0.2, 0.25) is 0 Å². The van der Waals surface area contributed by atoms with Gasteiger partial charge in [0, 0.05) is 17.1 Å². The van der Waals surface area contributed by atoms with E-state index in [1.165, 1.54) is 0 Å². The molecule has 26 heavy (non-hydrogen) atoms. The van der Waals surface area contributed by atoms with Crippen molar-refractivity contribution in [3.05, 3.63) is 70.6 Å². The van der Waals surface area contributed by atoms with Crippen LogP contribution in [0.5, 0.6) is 0 Å². The highest BCUT2D eigenvalue weighted by molar-refractivity contribution is 7.99. The van der Waals surface area contributed by atoms with Gasteiger partial charge in [0.2, 0.25) is 5.91 Å². The molecule has 132 valence electrons. The molecule has 0 atom stereocenters. The highest BCUT2D eigenvalue weighted by Gasteiger charge is 2.07. The van der Waals surface area contributed by atoms with E-state index in [4.69, 9.17) is 0 Å². The second-order valence-corrected chi connectivity index (χ2v) is 6.41. The van der Waals surface area contributed by atoms with Crippen LogP contribution in [0.4, 0.5) is 17.1 Å². The van der Waals surface area contributed by atoms with Crippen LogP contribution in [-0.2, 0) is 4.79 Å². The molecule has 0 unspecified atom stereocenters. The summed E-state index contributed by atoms with van der Waals surface area (Å²) in [4.78, 5) is 26.1. The average Bonchev–Trinajstić information content (AvgIpc) is 2.65. The first-order chi connectivity index (χ1) is 12.6. The van der Waals surface area contributed by atoms with Gasteiger partial charge in [0.05, 0.1) is 5.75 Å². The Morgan fingerprint density at radius 3 is 2.35 bits per heavy atom. The van der Waals surface area contributed by atoms with E-state index < -0.39 is 0 Å². The standard InChI is InChI=1S/C18H17N5O2S/c1-12-17(25)21-18(23-22-12)26-11-16(24)20-15-9-7-14(8-10-15)19-13-5-3-2-4-6-13/h2-10,19H,11H2,1H3,(H,20,24)(H,21,23,25). The number of nitrogens with one attached hydrogen (secondary N) is 3. The summed E-state index contributed by atoms with van der Waals surface area (Å²) in [5, 5.41) is 14.0. The summed E-state index contributed by atoms with van der Waals surface area (Å²) in [5.41, 5.74) is 2.61. The van der Waals surface area contributed by atoms with Crippen LogP contribution in [0.15, 0.2) is 64.5 Å². The molecule has 0 aliphatic rings. The number of anilines is 3. The van der Waals surface area contributed by atoms with Crippen LogP contribution in [0.3, 0.4) is 0 Å². The molecule has 0 saturated carbocycles. The summed E-state index contributed by atoms with van der Waals surface area (Å²) in [6.07, 6.45) is 0. The molecule has 3 aromatic rings. The fourth-order valence-electron chi connectivity index (χ4n) is 2.10. The Kier molecular flexibility index (Phi) is 5.65. The number of thioether (sulfide) groups is 1. The van der Waals surface area contributed by atoms with E-state index in [1.807, 2.05) is 54.6 Å². The zero-order valence-electron chi connectivity index (χ0n) is 14.0. The number of aromatic nitrogens is 3. The first kappa shape index (κ1) is 17.7. The highest BCUT2D eigenvalue weighted by atomic mass is 32.2. The second-order valence-electron chi connectivity index (χ2n) is 5.45. The quantitative estimate of drug-likeness (QED) is 0.579. The number of nitrogens with zero attached hydrogens (tertiary/aromatic N) is 2. The zero-order chi connectivity index (χ0) is 18.4. The van der Waals surface area contributed by atoms with Gasteiger partial charge < -0.3 is 10.6 Å². The van der Waals surface area contributed by atoms with Gasteiger partial charge in [0.15, 0.2) is 5.16 Å². The number of para-hydroxylation sites is 1. The first-order valence-corrected chi connectivity index (χ1v) is 8.87. The second kappa shape index (κ2) is 8.30. The molecule has 0 aliphatic carbocycles. The van der Waals surface area contributed by atoms with Crippen LogP contribution in [0.1, 0.15) is 5.69 Å². The smallest absolute Gasteiger partial charge is 0.273 e. The molecule has 0 aliphatic heterocycles. The molecule has 0 bridgehead atoms. The van der Waals surface area contributed by atoms with E-state index in [0.717, 1.165) is 23.1 Å². The van der Waals surface area contributed by atoms with Gasteiger partial charge >= 0.3 is 0 Å². The van der Waals surface area contributed by atoms with E-state index in [0.29, 0.717) is 16.5 Å². The summed E-state index contributed by atoms with van der Waals surface area (Å²) in [5.74, 6) is -0.0699. The summed E-state index contributed by atoms with van der Waals surface area (Å²) < 4.78 is 0. The van der Waals surface area contributed by atoms with Crippen LogP contribution >= 0.6 is 11.8 Å². The topological polar surface area (TPSA) is 99.8 Å². The van der Waals surface area contributed by atoms with Crippen molar-refractivity contribution in [2.24, 2.45) is 0 Å². The maximum atomic E-state index is 12.0. The Balaban J connectivity index is 1.52. The normalized spacial score (nSPS) is 10.3. The van der Waals surface area contributed by atoms with Crippen LogP contribution in [-0.4, -0.2) is 26.8 Å². The van der Waals surface area contributed by atoms with Crippen molar-refractivity contribution in [3.63, 3.8) is 0 Å². The largest absolute Gasteiger partial charge is 0.356 e. The number of aryl methyl sites for hydroxylation is 1. The number of rotatable bonds is 6. The lowest BCUT2D eigenvalue weighted by atomic mass is 10.2. The minimum absolute atomic E-state index is 0.123. The Labute approximate surface area is 154 Å². The molecule has 0 saturated heterocycles. The summed E-state index contributed by atoms with van der Waals surface area (Å²) in [6, 6.07) is 17.2. The fraction of sp³-hybridized carbons (Fsp3) is 0.111. The lowest BCUT2D eigenvalue weighted by Gasteiger charge is -2.08. The maximum absolute atomic E-state index is 12.0. The lowest BCUT2D eigenvalue weighted by Crippen LogP contribution is -2.17. The van der Waals surface area contributed by atoms with Crippen molar-refractivity contribution in [1.29, 1.82) is 0 Å². The molecule has 2 aromatic carbocycles. The van der Waals surface area contributed by atoms with Gasteiger partial charge in [0.1, 0.15) is 5.69 Å². The van der Waals surface area contributed by atoms with Gasteiger partial charge in [-0.05, 0) is 43.3 Å². The number of hydrogen-bond acceptors (Lipinski definition) is 6. The van der Waals surface area contributed by atoms with Crippen molar-refractivity contribution >= 4 is 34.7 Å². The van der Waals surface area contributed by atoms with E-state index in [9.17, 15) is 9.59 Å². The summed E-state index contributed by atoms with van der Waals surface area (Å²) in [7, 11) is 0. The Bertz CT molecular complexity index is 942. The summed E-state index contributed by atoms with van der Waals surface area (Å²) in [6.45, 7) is 1.57. The van der Waals surface area contributed by atoms with Crippen molar-refractivity contribution < 1.29 is 4.79 Å². The van der Waals surface area contributed by atoms with Crippen LogP contribution in [0.25, 0.3) is 0 Å². The van der Waals surface area contributed by atoms with Crippen molar-refractivity contribution in [2.45, 2.75) is 12.1 Å². The SMILES string of the molecule is Cc1nnc(SCC(=O)Nc2ccc(Nc3ccccc3)cc2)[nH]c1=O. The zero-order valence-corrected chi connectivity index (χ0v) is 14.8. The molecule has 3 N–H and O–H groups in total. The monoisotopic (exact) mass is 367 g/mol. The predicted molar refractivity (Wildman–Crippen MR) is 103 cm³/mol. The van der Waals surface area contributed by atoms with Gasteiger partial charge in [-0.25, -0.2) is 0 Å². The Morgan fingerprint density at radius 1 is 1.00 bits per heavy atom. The van der Waals surface area contributed by atoms with Crippen LogP contribution in [0, 0.1) is 6.92 Å². The van der Waals surface area contributed by atoms with E-state index >= 15 is 0 Å². The third-order valence-electron chi connectivity index (χ3n) is 3.41. The average molecular weight is 367 g/mol. The Hall–Kier alpha value is -3.13. The number of carbonyl (C=O) groups excluding carboxylic acids is 1. The minimum atomic E-state index is -0.301. The minimum Gasteiger partial charge on any atom is -0.356 e.